The molecule has 106 valence electrons. The molecule has 0 aliphatic carbocycles. The van der Waals surface area contributed by atoms with Crippen molar-refractivity contribution in [2.45, 2.75) is 19.4 Å². The van der Waals surface area contributed by atoms with Crippen molar-refractivity contribution in [1.29, 1.82) is 0 Å². The predicted molar refractivity (Wildman–Crippen MR) is 71.2 cm³/mol. The Bertz CT molecular complexity index is 643. The maximum Gasteiger partial charge on any atom is 0.194 e. The minimum absolute atomic E-state index is 0.0150. The zero-order chi connectivity index (χ0) is 14.9. The van der Waals surface area contributed by atoms with Crippen LogP contribution >= 0.6 is 11.6 Å². The van der Waals surface area contributed by atoms with Crippen molar-refractivity contribution in [2.75, 3.05) is 0 Å². The highest BCUT2D eigenvalue weighted by atomic mass is 35.5. The van der Waals surface area contributed by atoms with Gasteiger partial charge in [-0.05, 0) is 30.2 Å². The molecule has 1 nitrogen and oxygen atoms in total. The van der Waals surface area contributed by atoms with E-state index in [-0.39, 0.29) is 12.0 Å². The summed E-state index contributed by atoms with van der Waals surface area (Å²) in [6.07, 6.45) is -1.29. The van der Waals surface area contributed by atoms with Crippen LogP contribution in [0.2, 0.25) is 5.02 Å². The van der Waals surface area contributed by atoms with Gasteiger partial charge in [-0.15, -0.1) is 0 Å². The molecule has 20 heavy (non-hydrogen) atoms. The van der Waals surface area contributed by atoms with Crippen LogP contribution in [0.25, 0.3) is 0 Å². The number of hydrogen-bond donors (Lipinski definition) is 1. The lowest BCUT2D eigenvalue weighted by atomic mass is 10.00. The fourth-order valence-corrected chi connectivity index (χ4v) is 2.25. The fraction of sp³-hybridized carbons (Fsp3) is 0.200. The smallest absolute Gasteiger partial charge is 0.194 e. The van der Waals surface area contributed by atoms with Crippen LogP contribution in [0.3, 0.4) is 0 Å². The molecule has 0 saturated heterocycles. The highest BCUT2D eigenvalue weighted by Gasteiger charge is 2.20. The molecule has 2 rings (SSSR count). The van der Waals surface area contributed by atoms with Crippen molar-refractivity contribution in [3.63, 3.8) is 0 Å². The van der Waals surface area contributed by atoms with Gasteiger partial charge in [-0.1, -0.05) is 29.8 Å². The summed E-state index contributed by atoms with van der Waals surface area (Å²) in [6.45, 7) is 1.86. The summed E-state index contributed by atoms with van der Waals surface area (Å²) < 4.78 is 39.5. The highest BCUT2D eigenvalue weighted by molar-refractivity contribution is 6.31. The molecular formula is C15H12ClF3O. The molecule has 0 radical (unpaired) electrons. The van der Waals surface area contributed by atoms with E-state index in [1.54, 1.807) is 18.2 Å². The second kappa shape index (κ2) is 5.85. The Morgan fingerprint density at radius 2 is 1.80 bits per heavy atom. The first kappa shape index (κ1) is 14.9. The first-order chi connectivity index (χ1) is 9.40. The molecule has 2 aromatic rings. The first-order valence-corrected chi connectivity index (χ1v) is 6.34. The number of halogens is 4. The van der Waals surface area contributed by atoms with Gasteiger partial charge >= 0.3 is 0 Å². The topological polar surface area (TPSA) is 20.2 Å². The third-order valence-corrected chi connectivity index (χ3v) is 3.40. The van der Waals surface area contributed by atoms with Crippen LogP contribution in [0.1, 0.15) is 22.8 Å². The van der Waals surface area contributed by atoms with Crippen molar-refractivity contribution < 1.29 is 18.3 Å². The van der Waals surface area contributed by atoms with Crippen LogP contribution in [0.5, 0.6) is 0 Å². The lowest BCUT2D eigenvalue weighted by molar-refractivity contribution is 0.172. The molecule has 0 amide bonds. The average molecular weight is 301 g/mol. The maximum atomic E-state index is 13.6. The molecule has 1 N–H and O–H groups in total. The van der Waals surface area contributed by atoms with Crippen LogP contribution in [-0.2, 0) is 6.42 Å². The number of aliphatic hydroxyl groups excluding tert-OH is 1. The summed E-state index contributed by atoms with van der Waals surface area (Å²) in [5, 5.41) is 10.4. The maximum absolute atomic E-state index is 13.6. The van der Waals surface area contributed by atoms with E-state index in [1.807, 2.05) is 6.92 Å². The zero-order valence-electron chi connectivity index (χ0n) is 10.6. The van der Waals surface area contributed by atoms with E-state index in [4.69, 9.17) is 11.6 Å². The Kier molecular flexibility index (Phi) is 4.35. The van der Waals surface area contributed by atoms with E-state index in [1.165, 1.54) is 0 Å². The number of aliphatic hydroxyl groups is 1. The lowest BCUT2D eigenvalue weighted by Gasteiger charge is -2.14. The average Bonchev–Trinajstić information content (AvgIpc) is 2.39. The van der Waals surface area contributed by atoms with E-state index < -0.39 is 23.6 Å². The monoisotopic (exact) mass is 300 g/mol. The highest BCUT2D eigenvalue weighted by Crippen LogP contribution is 2.27. The molecule has 0 aromatic heterocycles. The largest absolute Gasteiger partial charge is 0.388 e. The molecule has 1 atom stereocenters. The molecule has 0 spiro atoms. The van der Waals surface area contributed by atoms with Gasteiger partial charge in [0.2, 0.25) is 0 Å². The third-order valence-electron chi connectivity index (χ3n) is 3.05. The Hall–Kier alpha value is -1.52. The molecule has 0 saturated carbocycles. The molecule has 5 heteroatoms. The summed E-state index contributed by atoms with van der Waals surface area (Å²) in [6, 6.07) is 7.04. The number of benzene rings is 2. The van der Waals surface area contributed by atoms with E-state index in [0.29, 0.717) is 10.6 Å². The molecule has 0 aliphatic rings. The molecule has 0 bridgehead atoms. The second-order valence-corrected chi connectivity index (χ2v) is 4.99. The van der Waals surface area contributed by atoms with Crippen LogP contribution in [0.4, 0.5) is 13.2 Å². The molecule has 1 unspecified atom stereocenters. The minimum atomic E-state index is -1.59. The predicted octanol–water partition coefficient (Wildman–Crippen LogP) is 4.34. The Morgan fingerprint density at radius 1 is 1.10 bits per heavy atom. The van der Waals surface area contributed by atoms with Gasteiger partial charge in [0.05, 0.1) is 6.10 Å². The Balaban J connectivity index is 2.28. The van der Waals surface area contributed by atoms with Crippen molar-refractivity contribution in [1.82, 2.24) is 0 Å². The molecular weight excluding hydrogens is 289 g/mol. The summed E-state index contributed by atoms with van der Waals surface area (Å²) in [5.41, 5.74) is 1.27. The molecule has 0 aliphatic heterocycles. The van der Waals surface area contributed by atoms with E-state index in [0.717, 1.165) is 17.7 Å². The van der Waals surface area contributed by atoms with Gasteiger partial charge in [0.15, 0.2) is 17.5 Å². The number of aryl methyl sites for hydroxylation is 1. The van der Waals surface area contributed by atoms with E-state index >= 15 is 0 Å². The van der Waals surface area contributed by atoms with Crippen LogP contribution in [0, 0.1) is 24.4 Å². The fourth-order valence-electron chi connectivity index (χ4n) is 1.93. The Morgan fingerprint density at radius 3 is 2.45 bits per heavy atom. The summed E-state index contributed by atoms with van der Waals surface area (Å²) in [5.74, 6) is -4.25. The second-order valence-electron chi connectivity index (χ2n) is 4.58. The van der Waals surface area contributed by atoms with E-state index in [2.05, 4.69) is 0 Å². The lowest BCUT2D eigenvalue weighted by Crippen LogP contribution is -2.07. The van der Waals surface area contributed by atoms with Gasteiger partial charge in [0, 0.05) is 17.0 Å². The van der Waals surface area contributed by atoms with Crippen molar-refractivity contribution in [2.24, 2.45) is 0 Å². The van der Waals surface area contributed by atoms with Crippen LogP contribution in [-0.4, -0.2) is 5.11 Å². The van der Waals surface area contributed by atoms with Crippen LogP contribution in [0.15, 0.2) is 30.3 Å². The molecule has 2 aromatic carbocycles. The summed E-state index contributed by atoms with van der Waals surface area (Å²) >= 11 is 6.02. The summed E-state index contributed by atoms with van der Waals surface area (Å²) in [7, 11) is 0. The number of hydrogen-bond acceptors (Lipinski definition) is 1. The van der Waals surface area contributed by atoms with Gasteiger partial charge in [0.1, 0.15) is 0 Å². The van der Waals surface area contributed by atoms with E-state index in [9.17, 15) is 18.3 Å². The van der Waals surface area contributed by atoms with Crippen LogP contribution < -0.4 is 0 Å². The van der Waals surface area contributed by atoms with Crippen molar-refractivity contribution in [3.8, 4) is 0 Å². The van der Waals surface area contributed by atoms with Gasteiger partial charge in [-0.25, -0.2) is 13.2 Å². The van der Waals surface area contributed by atoms with Crippen molar-refractivity contribution >= 4 is 11.6 Å². The standard InChI is InChI=1S/C15H12ClF3O/c1-8-2-3-9(11(16)6-8)7-13(20)10-4-5-12(17)15(19)14(10)18/h2-6,13,20H,7H2,1H3. The molecule has 0 heterocycles. The quantitative estimate of drug-likeness (QED) is 0.836. The number of rotatable bonds is 3. The molecule has 0 fully saturated rings. The van der Waals surface area contributed by atoms with Gasteiger partial charge in [-0.2, -0.15) is 0 Å². The normalized spacial score (nSPS) is 12.5. The third kappa shape index (κ3) is 2.97. The summed E-state index contributed by atoms with van der Waals surface area (Å²) in [4.78, 5) is 0. The van der Waals surface area contributed by atoms with Gasteiger partial charge in [0.25, 0.3) is 0 Å². The minimum Gasteiger partial charge on any atom is -0.388 e. The first-order valence-electron chi connectivity index (χ1n) is 5.96. The zero-order valence-corrected chi connectivity index (χ0v) is 11.4. The Labute approximate surface area is 119 Å². The van der Waals surface area contributed by atoms with Gasteiger partial charge in [-0.3, -0.25) is 0 Å². The SMILES string of the molecule is Cc1ccc(CC(O)c2ccc(F)c(F)c2F)c(Cl)c1. The van der Waals surface area contributed by atoms with Crippen molar-refractivity contribution in [3.05, 3.63) is 69.5 Å². The van der Waals surface area contributed by atoms with Gasteiger partial charge < -0.3 is 5.11 Å².